The summed E-state index contributed by atoms with van der Waals surface area (Å²) in [5, 5.41) is 3.80. The maximum Gasteiger partial charge on any atom is 0.255 e. The molecule has 0 unspecified atom stereocenters. The van der Waals surface area contributed by atoms with E-state index < -0.39 is 0 Å². The van der Waals surface area contributed by atoms with Crippen molar-refractivity contribution in [3.05, 3.63) is 58.1 Å². The highest BCUT2D eigenvalue weighted by atomic mass is 35.5. The minimum absolute atomic E-state index is 0.239. The highest BCUT2D eigenvalue weighted by Crippen LogP contribution is 2.26. The van der Waals surface area contributed by atoms with Crippen LogP contribution in [0.4, 0.5) is 5.69 Å². The molecule has 0 aliphatic rings. The Morgan fingerprint density at radius 1 is 1.15 bits per heavy atom. The van der Waals surface area contributed by atoms with Gasteiger partial charge in [0.05, 0.1) is 11.6 Å². The predicted octanol–water partition coefficient (Wildman–Crippen LogP) is 4.64. The van der Waals surface area contributed by atoms with E-state index in [1.54, 1.807) is 42.5 Å². The highest BCUT2D eigenvalue weighted by Gasteiger charge is 2.09. The molecule has 3 nitrogen and oxygen atoms in total. The molecule has 0 spiro atoms. The Hall–Kier alpha value is -1.71. The molecule has 0 saturated carbocycles. The van der Waals surface area contributed by atoms with E-state index in [1.165, 1.54) is 0 Å². The Balaban J connectivity index is 2.13. The van der Waals surface area contributed by atoms with Crippen LogP contribution in [0.3, 0.4) is 0 Å². The number of halogens is 2. The first-order valence-electron chi connectivity index (χ1n) is 6.09. The third kappa shape index (κ3) is 3.65. The van der Waals surface area contributed by atoms with Gasteiger partial charge in [0.1, 0.15) is 5.75 Å². The number of carbonyl (C=O) groups excluding carboxylic acids is 1. The lowest BCUT2D eigenvalue weighted by atomic mass is 10.2. The molecule has 5 heteroatoms. The standard InChI is InChI=1S/C15H13Cl2NO2/c1-2-20-14-8-3-10(9-13(14)17)15(19)18-12-6-4-11(16)5-7-12/h3-9H,2H2,1H3,(H,18,19). The quantitative estimate of drug-likeness (QED) is 0.893. The van der Waals surface area contributed by atoms with Crippen LogP contribution >= 0.6 is 23.2 Å². The van der Waals surface area contributed by atoms with Crippen molar-refractivity contribution < 1.29 is 9.53 Å². The highest BCUT2D eigenvalue weighted by molar-refractivity contribution is 6.32. The molecule has 2 aromatic carbocycles. The molecule has 0 fully saturated rings. The molecule has 0 aliphatic carbocycles. The Labute approximate surface area is 127 Å². The fourth-order valence-corrected chi connectivity index (χ4v) is 2.01. The maximum absolute atomic E-state index is 12.1. The summed E-state index contributed by atoms with van der Waals surface area (Å²) in [6.45, 7) is 2.40. The number of hydrogen-bond donors (Lipinski definition) is 1. The van der Waals surface area contributed by atoms with Gasteiger partial charge in [0.25, 0.3) is 5.91 Å². The fraction of sp³-hybridized carbons (Fsp3) is 0.133. The molecule has 0 heterocycles. The van der Waals surface area contributed by atoms with Crippen molar-refractivity contribution in [1.82, 2.24) is 0 Å². The predicted molar refractivity (Wildman–Crippen MR) is 82.0 cm³/mol. The van der Waals surface area contributed by atoms with Crippen molar-refractivity contribution in [2.24, 2.45) is 0 Å². The van der Waals surface area contributed by atoms with Crippen molar-refractivity contribution >= 4 is 34.8 Å². The van der Waals surface area contributed by atoms with Crippen LogP contribution in [0.15, 0.2) is 42.5 Å². The first-order valence-corrected chi connectivity index (χ1v) is 6.85. The number of amides is 1. The molecule has 0 saturated heterocycles. The number of anilines is 1. The average molecular weight is 310 g/mol. The van der Waals surface area contributed by atoms with Gasteiger partial charge in [-0.2, -0.15) is 0 Å². The second kappa shape index (κ2) is 6.64. The molecule has 1 N–H and O–H groups in total. The van der Waals surface area contributed by atoms with E-state index in [0.29, 0.717) is 33.7 Å². The second-order valence-electron chi connectivity index (χ2n) is 4.04. The van der Waals surface area contributed by atoms with Crippen molar-refractivity contribution in [3.63, 3.8) is 0 Å². The van der Waals surface area contributed by atoms with Gasteiger partial charge in [0.2, 0.25) is 0 Å². The average Bonchev–Trinajstić information content (AvgIpc) is 2.44. The van der Waals surface area contributed by atoms with Gasteiger partial charge in [0, 0.05) is 16.3 Å². The van der Waals surface area contributed by atoms with E-state index in [9.17, 15) is 4.79 Å². The molecule has 0 aromatic heterocycles. The van der Waals surface area contributed by atoms with Crippen molar-refractivity contribution in [2.75, 3.05) is 11.9 Å². The molecule has 0 atom stereocenters. The fourth-order valence-electron chi connectivity index (χ4n) is 1.65. The molecule has 2 aromatic rings. The number of nitrogens with one attached hydrogen (secondary N) is 1. The smallest absolute Gasteiger partial charge is 0.255 e. The monoisotopic (exact) mass is 309 g/mol. The SMILES string of the molecule is CCOc1ccc(C(=O)Nc2ccc(Cl)cc2)cc1Cl. The Morgan fingerprint density at radius 3 is 2.45 bits per heavy atom. The van der Waals surface area contributed by atoms with E-state index in [1.807, 2.05) is 6.92 Å². The van der Waals surface area contributed by atoms with Crippen LogP contribution in [0.25, 0.3) is 0 Å². The lowest BCUT2D eigenvalue weighted by Crippen LogP contribution is -2.11. The van der Waals surface area contributed by atoms with Crippen LogP contribution < -0.4 is 10.1 Å². The summed E-state index contributed by atoms with van der Waals surface area (Å²) in [7, 11) is 0. The first-order chi connectivity index (χ1) is 9.60. The maximum atomic E-state index is 12.1. The largest absolute Gasteiger partial charge is 0.492 e. The molecule has 0 aliphatic heterocycles. The van der Waals surface area contributed by atoms with Crippen LogP contribution in [0, 0.1) is 0 Å². The molecule has 104 valence electrons. The lowest BCUT2D eigenvalue weighted by molar-refractivity contribution is 0.102. The summed E-state index contributed by atoms with van der Waals surface area (Å²) in [5.41, 5.74) is 1.14. The topological polar surface area (TPSA) is 38.3 Å². The molecule has 1 amide bonds. The van der Waals surface area contributed by atoms with Gasteiger partial charge in [-0.05, 0) is 49.4 Å². The second-order valence-corrected chi connectivity index (χ2v) is 4.88. The minimum Gasteiger partial charge on any atom is -0.492 e. The van der Waals surface area contributed by atoms with Gasteiger partial charge in [-0.15, -0.1) is 0 Å². The normalized spacial score (nSPS) is 10.2. The Bertz CT molecular complexity index is 612. The van der Waals surface area contributed by atoms with Crippen LogP contribution in [-0.4, -0.2) is 12.5 Å². The van der Waals surface area contributed by atoms with Gasteiger partial charge < -0.3 is 10.1 Å². The summed E-state index contributed by atoms with van der Waals surface area (Å²) < 4.78 is 5.32. The number of benzene rings is 2. The Kier molecular flexibility index (Phi) is 4.88. The van der Waals surface area contributed by atoms with E-state index in [2.05, 4.69) is 5.32 Å². The van der Waals surface area contributed by atoms with E-state index in [4.69, 9.17) is 27.9 Å². The first kappa shape index (κ1) is 14.7. The van der Waals surface area contributed by atoms with Gasteiger partial charge in [-0.25, -0.2) is 0 Å². The van der Waals surface area contributed by atoms with Crippen LogP contribution in [-0.2, 0) is 0 Å². The minimum atomic E-state index is -0.239. The summed E-state index contributed by atoms with van der Waals surface area (Å²) in [4.78, 5) is 12.1. The molecule has 0 radical (unpaired) electrons. The van der Waals surface area contributed by atoms with Crippen LogP contribution in [0.5, 0.6) is 5.75 Å². The summed E-state index contributed by atoms with van der Waals surface area (Å²) in [6.07, 6.45) is 0. The number of ether oxygens (including phenoxy) is 1. The third-order valence-corrected chi connectivity index (χ3v) is 3.14. The molecule has 0 bridgehead atoms. The molecular formula is C15H13Cl2NO2. The molecule has 20 heavy (non-hydrogen) atoms. The molecule has 2 rings (SSSR count). The van der Waals surface area contributed by atoms with Crippen molar-refractivity contribution in [2.45, 2.75) is 6.92 Å². The third-order valence-electron chi connectivity index (χ3n) is 2.60. The van der Waals surface area contributed by atoms with Crippen molar-refractivity contribution in [1.29, 1.82) is 0 Å². The summed E-state index contributed by atoms with van der Waals surface area (Å²) >= 11 is 11.8. The van der Waals surface area contributed by atoms with Gasteiger partial charge >= 0.3 is 0 Å². The van der Waals surface area contributed by atoms with Gasteiger partial charge in [0.15, 0.2) is 0 Å². The summed E-state index contributed by atoms with van der Waals surface area (Å²) in [5.74, 6) is 0.328. The van der Waals surface area contributed by atoms with E-state index >= 15 is 0 Å². The number of carbonyl (C=O) groups is 1. The Morgan fingerprint density at radius 2 is 1.85 bits per heavy atom. The summed E-state index contributed by atoms with van der Waals surface area (Å²) in [6, 6.07) is 11.8. The molecular weight excluding hydrogens is 297 g/mol. The van der Waals surface area contributed by atoms with Gasteiger partial charge in [-0.3, -0.25) is 4.79 Å². The number of rotatable bonds is 4. The zero-order chi connectivity index (χ0) is 14.5. The lowest BCUT2D eigenvalue weighted by Gasteiger charge is -2.08. The van der Waals surface area contributed by atoms with Crippen LogP contribution in [0.1, 0.15) is 17.3 Å². The van der Waals surface area contributed by atoms with E-state index in [0.717, 1.165) is 0 Å². The van der Waals surface area contributed by atoms with Crippen molar-refractivity contribution in [3.8, 4) is 5.75 Å². The van der Waals surface area contributed by atoms with E-state index in [-0.39, 0.29) is 5.91 Å². The zero-order valence-electron chi connectivity index (χ0n) is 10.8. The van der Waals surface area contributed by atoms with Crippen LogP contribution in [0.2, 0.25) is 10.0 Å². The number of hydrogen-bond acceptors (Lipinski definition) is 2. The zero-order valence-corrected chi connectivity index (χ0v) is 12.3. The van der Waals surface area contributed by atoms with Gasteiger partial charge in [-0.1, -0.05) is 23.2 Å².